The number of aromatic nitrogens is 5. The van der Waals surface area contributed by atoms with Crippen LogP contribution in [0.5, 0.6) is 0 Å². The van der Waals surface area contributed by atoms with Gasteiger partial charge in [-0.05, 0) is 44.0 Å². The third kappa shape index (κ3) is 6.72. The fourth-order valence-corrected chi connectivity index (χ4v) is 6.48. The number of nitrogens with one attached hydrogen (secondary N) is 1. The van der Waals surface area contributed by atoms with Gasteiger partial charge in [-0.3, -0.25) is 4.79 Å². The van der Waals surface area contributed by atoms with Crippen LogP contribution in [0.2, 0.25) is 0 Å². The second-order valence-corrected chi connectivity index (χ2v) is 12.4. The minimum atomic E-state index is -4.86. The van der Waals surface area contributed by atoms with Crippen molar-refractivity contribution in [1.29, 1.82) is 0 Å². The summed E-state index contributed by atoms with van der Waals surface area (Å²) in [6.07, 6.45) is 1.46. The van der Waals surface area contributed by atoms with Crippen LogP contribution in [-0.4, -0.2) is 88.9 Å². The Morgan fingerprint density at radius 3 is 2.53 bits per heavy atom. The quantitative estimate of drug-likeness (QED) is 0.233. The van der Waals surface area contributed by atoms with Crippen molar-refractivity contribution in [2.24, 2.45) is 5.41 Å². The maximum Gasteiger partial charge on any atom is 0.419 e. The fraction of sp³-hybridized carbons (Fsp3) is 0.469. The second-order valence-electron chi connectivity index (χ2n) is 12.4. The number of nitrogens with zero attached hydrogens (tertiary/aromatic N) is 7. The van der Waals surface area contributed by atoms with E-state index >= 15 is 0 Å². The molecule has 47 heavy (non-hydrogen) atoms. The summed E-state index contributed by atoms with van der Waals surface area (Å²) in [7, 11) is 3.59. The molecule has 1 aromatic carbocycles. The molecule has 0 radical (unpaired) electrons. The van der Waals surface area contributed by atoms with Crippen LogP contribution in [0.25, 0.3) is 33.9 Å². The normalized spacial score (nSPS) is 18.3. The number of carbonyl (C=O) groups is 1. The predicted molar refractivity (Wildman–Crippen MR) is 167 cm³/mol. The van der Waals surface area contributed by atoms with Gasteiger partial charge in [0.25, 0.3) is 0 Å². The number of anilines is 2. The van der Waals surface area contributed by atoms with Gasteiger partial charge in [0, 0.05) is 51.2 Å². The summed E-state index contributed by atoms with van der Waals surface area (Å²) in [5.41, 5.74) is 0.898. The number of hydrogen-bond acceptors (Lipinski definition) is 10. The number of hydrogen-bond donors (Lipinski definition) is 1. The van der Waals surface area contributed by atoms with Gasteiger partial charge in [-0.15, -0.1) is 5.06 Å². The Labute approximate surface area is 268 Å². The molecule has 0 spiro atoms. The van der Waals surface area contributed by atoms with Gasteiger partial charge >= 0.3 is 12.1 Å². The number of piperazine rings is 1. The molecule has 0 amide bonds. The second kappa shape index (κ2) is 12.7. The van der Waals surface area contributed by atoms with Crippen molar-refractivity contribution in [2.45, 2.75) is 45.3 Å². The van der Waals surface area contributed by atoms with Crippen molar-refractivity contribution >= 4 is 28.6 Å². The van der Waals surface area contributed by atoms with E-state index in [1.54, 1.807) is 30.6 Å². The number of imidazole rings is 1. The van der Waals surface area contributed by atoms with Crippen molar-refractivity contribution in [3.8, 4) is 22.8 Å². The standard InChI is InChI=1S/C32H36F4N8O3/c1-19-16-43(47-20(2)45)10-11-44(19)27-15-37-25(14-38-27)29-40-28-26(42(3)17-31(18-46-4)8-5-9-31)13-24(39-30(28)41-29)21-6-7-23(33)22(12-21)32(34,35)36/h6-7,12-15,19H,5,8-11,16-18H2,1-4H3,(H,39,40,41)/t19-/m1/s1. The minimum Gasteiger partial charge on any atom is -0.384 e. The first-order valence-corrected chi connectivity index (χ1v) is 15.4. The molecule has 4 heterocycles. The molecule has 0 bridgehead atoms. The maximum atomic E-state index is 14.2. The summed E-state index contributed by atoms with van der Waals surface area (Å²) >= 11 is 0. The van der Waals surface area contributed by atoms with Gasteiger partial charge in [0.15, 0.2) is 11.5 Å². The molecule has 11 nitrogen and oxygen atoms in total. The highest BCUT2D eigenvalue weighted by molar-refractivity contribution is 5.91. The molecule has 0 unspecified atom stereocenters. The van der Waals surface area contributed by atoms with E-state index in [0.717, 1.165) is 31.4 Å². The number of rotatable bonds is 9. The largest absolute Gasteiger partial charge is 0.419 e. The molecule has 1 aliphatic heterocycles. The van der Waals surface area contributed by atoms with Crippen LogP contribution in [-0.2, 0) is 20.5 Å². The first-order valence-electron chi connectivity index (χ1n) is 15.4. The summed E-state index contributed by atoms with van der Waals surface area (Å²) in [6.45, 7) is 6.22. The zero-order valence-corrected chi connectivity index (χ0v) is 26.6. The Morgan fingerprint density at radius 1 is 1.13 bits per heavy atom. The van der Waals surface area contributed by atoms with E-state index in [9.17, 15) is 22.4 Å². The van der Waals surface area contributed by atoms with Gasteiger partial charge in [-0.2, -0.15) is 13.2 Å². The summed E-state index contributed by atoms with van der Waals surface area (Å²) in [5, 5.41) is 1.63. The van der Waals surface area contributed by atoms with E-state index in [1.807, 2.05) is 18.9 Å². The van der Waals surface area contributed by atoms with E-state index in [0.29, 0.717) is 61.3 Å². The van der Waals surface area contributed by atoms with Crippen LogP contribution >= 0.6 is 0 Å². The van der Waals surface area contributed by atoms with E-state index in [4.69, 9.17) is 9.57 Å². The van der Waals surface area contributed by atoms with Crippen molar-refractivity contribution in [3.05, 3.63) is 48.0 Å². The van der Waals surface area contributed by atoms with E-state index in [2.05, 4.69) is 29.8 Å². The van der Waals surface area contributed by atoms with Crippen LogP contribution < -0.4 is 9.80 Å². The molecule has 1 atom stereocenters. The molecule has 2 aliphatic rings. The highest BCUT2D eigenvalue weighted by atomic mass is 19.4. The Bertz CT molecular complexity index is 1760. The number of aromatic amines is 1. The molecule has 1 saturated heterocycles. The predicted octanol–water partition coefficient (Wildman–Crippen LogP) is 5.48. The lowest BCUT2D eigenvalue weighted by Gasteiger charge is -2.44. The lowest BCUT2D eigenvalue weighted by molar-refractivity contribution is -0.190. The Balaban J connectivity index is 1.35. The molecular weight excluding hydrogens is 620 g/mol. The number of benzene rings is 1. The molecule has 2 fully saturated rings. The molecule has 250 valence electrons. The number of halogens is 4. The molecule has 1 aliphatic carbocycles. The van der Waals surface area contributed by atoms with Gasteiger partial charge < -0.3 is 24.4 Å². The van der Waals surface area contributed by atoms with Gasteiger partial charge in [-0.1, -0.05) is 6.42 Å². The summed E-state index contributed by atoms with van der Waals surface area (Å²) in [6, 6.07) is 4.57. The number of carbonyl (C=O) groups excluding carboxylic acids is 1. The Kier molecular flexibility index (Phi) is 8.78. The first-order chi connectivity index (χ1) is 22.4. The highest BCUT2D eigenvalue weighted by Gasteiger charge is 2.39. The lowest BCUT2D eigenvalue weighted by Crippen LogP contribution is -2.52. The molecule has 1 N–H and O–H groups in total. The minimum absolute atomic E-state index is 0.0107. The lowest BCUT2D eigenvalue weighted by atomic mass is 9.69. The first kappa shape index (κ1) is 32.6. The number of alkyl halides is 3. The average molecular weight is 657 g/mol. The Hall–Kier alpha value is -4.37. The number of hydroxylamine groups is 2. The summed E-state index contributed by atoms with van der Waals surface area (Å²) in [4.78, 5) is 42.5. The Morgan fingerprint density at radius 2 is 1.91 bits per heavy atom. The van der Waals surface area contributed by atoms with Crippen molar-refractivity contribution in [2.75, 3.05) is 56.7 Å². The van der Waals surface area contributed by atoms with E-state index < -0.39 is 17.6 Å². The molecule has 3 aromatic heterocycles. The van der Waals surface area contributed by atoms with Gasteiger partial charge in [0.05, 0.1) is 49.0 Å². The van der Waals surface area contributed by atoms with E-state index in [-0.39, 0.29) is 34.3 Å². The molecular formula is C32H36F4N8O3. The van der Waals surface area contributed by atoms with E-state index in [1.165, 1.54) is 13.0 Å². The molecule has 4 aromatic rings. The van der Waals surface area contributed by atoms with Gasteiger partial charge in [0.1, 0.15) is 22.8 Å². The fourth-order valence-electron chi connectivity index (χ4n) is 6.48. The number of fused-ring (bicyclic) bond motifs is 1. The van der Waals surface area contributed by atoms with Crippen LogP contribution in [0, 0.1) is 11.2 Å². The zero-order chi connectivity index (χ0) is 33.5. The number of pyridine rings is 1. The third-order valence-electron chi connectivity index (χ3n) is 8.88. The topological polar surface area (TPSA) is 113 Å². The van der Waals surface area contributed by atoms with Gasteiger partial charge in [0.2, 0.25) is 0 Å². The number of ether oxygens (including phenoxy) is 1. The highest BCUT2D eigenvalue weighted by Crippen LogP contribution is 2.43. The number of methoxy groups -OCH3 is 1. The zero-order valence-electron chi connectivity index (χ0n) is 26.6. The maximum absolute atomic E-state index is 14.2. The van der Waals surface area contributed by atoms with Crippen LogP contribution in [0.15, 0.2) is 36.7 Å². The molecule has 1 saturated carbocycles. The van der Waals surface area contributed by atoms with Crippen molar-refractivity contribution < 1.29 is 31.9 Å². The van der Waals surface area contributed by atoms with Crippen LogP contribution in [0.3, 0.4) is 0 Å². The van der Waals surface area contributed by atoms with Crippen molar-refractivity contribution in [1.82, 2.24) is 30.0 Å². The smallest absolute Gasteiger partial charge is 0.384 e. The third-order valence-corrected chi connectivity index (χ3v) is 8.88. The van der Waals surface area contributed by atoms with Crippen LogP contribution in [0.4, 0.5) is 29.1 Å². The van der Waals surface area contributed by atoms with Crippen molar-refractivity contribution in [3.63, 3.8) is 0 Å². The summed E-state index contributed by atoms with van der Waals surface area (Å²) in [5.74, 6) is -0.675. The monoisotopic (exact) mass is 656 g/mol. The van der Waals surface area contributed by atoms with Gasteiger partial charge in [-0.25, -0.2) is 24.3 Å². The average Bonchev–Trinajstić information content (AvgIpc) is 3.43. The SMILES string of the molecule is COCC1(CN(C)c2cc(-c3ccc(F)c(C(F)(F)F)c3)nc3nc(-c4cnc(N5CCN(OC(C)=O)C[C@H]5C)cn4)[nH]c23)CCC1. The summed E-state index contributed by atoms with van der Waals surface area (Å²) < 4.78 is 60.5. The molecule has 15 heteroatoms. The van der Waals surface area contributed by atoms with Crippen LogP contribution in [0.1, 0.15) is 38.7 Å². The molecule has 6 rings (SSSR count). The number of H-pyrrole nitrogens is 1.